The number of ketones is 3. The Morgan fingerprint density at radius 2 is 1.92 bits per heavy atom. The molecule has 254 valence electrons. The maximum absolute atomic E-state index is 16.9. The lowest BCUT2D eigenvalue weighted by Gasteiger charge is -2.50. The zero-order chi connectivity index (χ0) is 34.1. The number of H-pyrrole nitrogens is 1. The maximum Gasteiger partial charge on any atom is 0.291 e. The summed E-state index contributed by atoms with van der Waals surface area (Å²) in [6, 6.07) is 8.51. The molecule has 11 nitrogen and oxygen atoms in total. The number of hydrogen-bond donors (Lipinski definition) is 3. The van der Waals surface area contributed by atoms with Crippen LogP contribution in [-0.4, -0.2) is 81.4 Å². The standard InChI is InChI=1S/C35H37BrFN3O8/c1-39(2)28-22-14-18-13-20-24(29(42)23(18)32(43)35(22,46)33(44)25-31(28)48-38-34(25)45)30(47-16-17-7-4-3-5-8-17)26(36)21(27(20)37)15-40-11-6-9-19(40)10-12-41/h3-5,7-8,18-19,22-23,28,41,46H,6,9-16H2,1-2H3,(H,38,45)/t18-,19-,22-,23?,28-,35-/m0/s1. The quantitative estimate of drug-likeness (QED) is 0.294. The number of Topliss-reactive ketones (excluding diaryl/α,β-unsaturated/α-hetero) is 3. The van der Waals surface area contributed by atoms with E-state index >= 15 is 4.39 Å². The fraction of sp³-hybridized carbons (Fsp3) is 0.486. The average molecular weight is 727 g/mol. The van der Waals surface area contributed by atoms with E-state index in [1.165, 1.54) is 0 Å². The van der Waals surface area contributed by atoms with Crippen LogP contribution in [-0.2, 0) is 24.4 Å². The van der Waals surface area contributed by atoms with Gasteiger partial charge in [0.25, 0.3) is 5.56 Å². The van der Waals surface area contributed by atoms with Gasteiger partial charge in [-0.05, 0) is 80.2 Å². The Bertz CT molecular complexity index is 1860. The van der Waals surface area contributed by atoms with Crippen LogP contribution in [0.2, 0.25) is 0 Å². The Hall–Kier alpha value is -3.49. The fourth-order valence-corrected chi connectivity index (χ4v) is 9.19. The lowest BCUT2D eigenvalue weighted by Crippen LogP contribution is -2.66. The summed E-state index contributed by atoms with van der Waals surface area (Å²) >= 11 is 3.57. The molecule has 13 heteroatoms. The van der Waals surface area contributed by atoms with Gasteiger partial charge in [0, 0.05) is 36.2 Å². The minimum absolute atomic E-state index is 0.00375. The maximum atomic E-state index is 16.9. The topological polar surface area (TPSA) is 153 Å². The molecule has 1 unspecified atom stereocenters. The van der Waals surface area contributed by atoms with E-state index in [9.17, 15) is 29.4 Å². The number of nitrogens with zero attached hydrogens (tertiary/aromatic N) is 2. The van der Waals surface area contributed by atoms with Gasteiger partial charge in [-0.2, -0.15) is 5.16 Å². The molecule has 7 rings (SSSR count). The Balaban J connectivity index is 1.34. The molecule has 0 spiro atoms. The summed E-state index contributed by atoms with van der Waals surface area (Å²) in [6.45, 7) is 1.03. The Morgan fingerprint density at radius 1 is 1.17 bits per heavy atom. The van der Waals surface area contributed by atoms with Crippen molar-refractivity contribution in [1.29, 1.82) is 0 Å². The van der Waals surface area contributed by atoms with Crippen LogP contribution in [0.1, 0.15) is 74.9 Å². The van der Waals surface area contributed by atoms with Gasteiger partial charge in [0.2, 0.25) is 5.78 Å². The normalized spacial score (nSPS) is 28.3. The molecule has 0 amide bonds. The molecule has 3 aliphatic carbocycles. The minimum Gasteiger partial charge on any atom is -0.487 e. The van der Waals surface area contributed by atoms with Crippen LogP contribution in [0.4, 0.5) is 4.39 Å². The number of aliphatic hydroxyl groups is 2. The van der Waals surface area contributed by atoms with Gasteiger partial charge in [-0.1, -0.05) is 30.3 Å². The number of aromatic amines is 1. The molecule has 1 saturated heterocycles. The predicted octanol–water partition coefficient (Wildman–Crippen LogP) is 3.59. The molecule has 1 aromatic heterocycles. The third-order valence-electron chi connectivity index (χ3n) is 10.8. The minimum atomic E-state index is -2.66. The molecule has 2 aromatic carbocycles. The molecule has 3 aromatic rings. The Labute approximate surface area is 284 Å². The zero-order valence-electron chi connectivity index (χ0n) is 26.6. The van der Waals surface area contributed by atoms with E-state index in [1.54, 1.807) is 19.0 Å². The molecule has 3 N–H and O–H groups in total. The largest absolute Gasteiger partial charge is 0.487 e. The molecule has 6 atom stereocenters. The van der Waals surface area contributed by atoms with Gasteiger partial charge in [0.1, 0.15) is 23.7 Å². The smallest absolute Gasteiger partial charge is 0.291 e. The van der Waals surface area contributed by atoms with Gasteiger partial charge in [-0.25, -0.2) is 4.39 Å². The second-order valence-corrected chi connectivity index (χ2v) is 14.4. The molecule has 0 bridgehead atoms. The summed E-state index contributed by atoms with van der Waals surface area (Å²) in [6.07, 6.45) is 2.37. The number of aromatic nitrogens is 1. The van der Waals surface area contributed by atoms with Gasteiger partial charge in [-0.3, -0.25) is 29.0 Å². The highest BCUT2D eigenvalue weighted by Crippen LogP contribution is 2.55. The number of hydrogen-bond acceptors (Lipinski definition) is 10. The summed E-state index contributed by atoms with van der Waals surface area (Å²) in [5, 5.41) is 23.8. The molecule has 1 saturated carbocycles. The van der Waals surface area contributed by atoms with E-state index in [-0.39, 0.29) is 65.8 Å². The van der Waals surface area contributed by atoms with E-state index in [2.05, 4.69) is 26.0 Å². The lowest BCUT2D eigenvalue weighted by molar-refractivity contribution is -0.153. The first-order chi connectivity index (χ1) is 23.0. The number of halogens is 2. The number of aliphatic hydroxyl groups excluding tert-OH is 1. The predicted molar refractivity (Wildman–Crippen MR) is 173 cm³/mol. The average Bonchev–Trinajstić information content (AvgIpc) is 3.67. The molecule has 2 heterocycles. The molecule has 4 aliphatic rings. The molecule has 48 heavy (non-hydrogen) atoms. The SMILES string of the molecule is CN(C)[C@@H]1c2o[nH]c(=O)c2C(=O)[C@@]2(O)C(=O)C3C(=O)c4c(c(F)c(CN5CCC[C@H]5CCO)c(Br)c4OCc4ccccc4)C[C@H]3C[C@@H]12. The number of carbonyl (C=O) groups excluding carboxylic acids is 3. The lowest BCUT2D eigenvalue weighted by atomic mass is 9.54. The fourth-order valence-electron chi connectivity index (χ4n) is 8.57. The van der Waals surface area contributed by atoms with Crippen molar-refractivity contribution in [3.8, 4) is 5.75 Å². The Morgan fingerprint density at radius 3 is 2.62 bits per heavy atom. The molecular formula is C35H37BrFN3O8. The number of benzene rings is 2. The van der Waals surface area contributed by atoms with Crippen LogP contribution in [0.15, 0.2) is 44.1 Å². The highest BCUT2D eigenvalue weighted by molar-refractivity contribution is 9.10. The Kier molecular flexibility index (Phi) is 8.56. The number of fused-ring (bicyclic) bond motifs is 4. The second kappa shape index (κ2) is 12.4. The van der Waals surface area contributed by atoms with Gasteiger partial charge < -0.3 is 19.5 Å². The van der Waals surface area contributed by atoms with Crippen LogP contribution in [0.3, 0.4) is 0 Å². The van der Waals surface area contributed by atoms with Crippen LogP contribution >= 0.6 is 15.9 Å². The van der Waals surface area contributed by atoms with E-state index in [0.717, 1.165) is 24.9 Å². The monoisotopic (exact) mass is 725 g/mol. The van der Waals surface area contributed by atoms with E-state index in [1.807, 2.05) is 30.3 Å². The van der Waals surface area contributed by atoms with E-state index in [4.69, 9.17) is 9.26 Å². The van der Waals surface area contributed by atoms with Crippen molar-refractivity contribution in [1.82, 2.24) is 15.0 Å². The van der Waals surface area contributed by atoms with Crippen molar-refractivity contribution in [2.24, 2.45) is 17.8 Å². The number of rotatable bonds is 8. The third kappa shape index (κ3) is 4.96. The zero-order valence-corrected chi connectivity index (χ0v) is 28.2. The van der Waals surface area contributed by atoms with Crippen LogP contribution in [0.25, 0.3) is 0 Å². The molecular weight excluding hydrogens is 689 g/mol. The third-order valence-corrected chi connectivity index (χ3v) is 11.6. The van der Waals surface area contributed by atoms with Gasteiger partial charge in [-0.15, -0.1) is 0 Å². The van der Waals surface area contributed by atoms with Crippen molar-refractivity contribution in [3.05, 3.63) is 84.6 Å². The van der Waals surface area contributed by atoms with Crippen molar-refractivity contribution in [2.75, 3.05) is 27.2 Å². The highest BCUT2D eigenvalue weighted by atomic mass is 79.9. The molecule has 1 aliphatic heterocycles. The van der Waals surface area contributed by atoms with Crippen molar-refractivity contribution in [2.45, 2.75) is 62.9 Å². The molecule has 2 fully saturated rings. The van der Waals surface area contributed by atoms with E-state index < -0.39 is 63.7 Å². The molecule has 0 radical (unpaired) electrons. The summed E-state index contributed by atoms with van der Waals surface area (Å²) in [4.78, 5) is 59.1. The van der Waals surface area contributed by atoms with Crippen molar-refractivity contribution in [3.63, 3.8) is 0 Å². The van der Waals surface area contributed by atoms with Gasteiger partial charge >= 0.3 is 0 Å². The second-order valence-electron chi connectivity index (χ2n) is 13.6. The number of nitrogens with one attached hydrogen (secondary N) is 1. The number of carbonyl (C=O) groups is 3. The van der Waals surface area contributed by atoms with E-state index in [0.29, 0.717) is 12.0 Å². The van der Waals surface area contributed by atoms with Gasteiger partial charge in [0.15, 0.2) is 22.9 Å². The summed E-state index contributed by atoms with van der Waals surface area (Å²) in [5.41, 5.74) is -2.78. The number of likely N-dealkylation sites (tertiary alicyclic amines) is 1. The van der Waals surface area contributed by atoms with Crippen LogP contribution in [0, 0.1) is 23.6 Å². The first-order valence-corrected chi connectivity index (χ1v) is 17.1. The highest BCUT2D eigenvalue weighted by Gasteiger charge is 2.67. The van der Waals surface area contributed by atoms with Crippen molar-refractivity contribution >= 4 is 33.3 Å². The van der Waals surface area contributed by atoms with Crippen molar-refractivity contribution < 1.29 is 38.2 Å². The number of ether oxygens (including phenoxy) is 1. The summed E-state index contributed by atoms with van der Waals surface area (Å²) < 4.78 is 28.8. The van der Waals surface area contributed by atoms with Crippen LogP contribution < -0.4 is 10.3 Å². The first-order valence-electron chi connectivity index (χ1n) is 16.3. The summed E-state index contributed by atoms with van der Waals surface area (Å²) in [5.74, 6) is -6.51. The first kappa shape index (κ1) is 33.0. The van der Waals surface area contributed by atoms with Crippen LogP contribution in [0.5, 0.6) is 5.75 Å². The summed E-state index contributed by atoms with van der Waals surface area (Å²) in [7, 11) is 3.36. The van der Waals surface area contributed by atoms with Gasteiger partial charge in [0.05, 0.1) is 22.0 Å².